The molecule has 7 aliphatic rings. The van der Waals surface area contributed by atoms with Crippen molar-refractivity contribution in [1.82, 2.24) is 24.4 Å². The van der Waals surface area contributed by atoms with E-state index in [0.717, 1.165) is 86.4 Å². The van der Waals surface area contributed by atoms with Gasteiger partial charge in [-0.15, -0.1) is 0 Å². The number of hydrogen-bond acceptors (Lipinski definition) is 7. The minimum Gasteiger partial charge on any atom is -0.497 e. The Morgan fingerprint density at radius 3 is 2.36 bits per heavy atom. The van der Waals surface area contributed by atoms with Gasteiger partial charge in [0.25, 0.3) is 5.91 Å². The first-order valence-corrected chi connectivity index (χ1v) is 20.2. The van der Waals surface area contributed by atoms with Crippen LogP contribution >= 0.6 is 0 Å². The first kappa shape index (κ1) is 31.3. The van der Waals surface area contributed by atoms with Crippen molar-refractivity contribution in [1.29, 1.82) is 0 Å². The molecule has 4 unspecified atom stereocenters. The Kier molecular flexibility index (Phi) is 6.63. The Hall–Kier alpha value is -3.41. The predicted octanol–water partition coefficient (Wildman–Crippen LogP) is 4.44. The van der Waals surface area contributed by atoms with Crippen LogP contribution in [0.1, 0.15) is 84.7 Å². The first-order chi connectivity index (χ1) is 24.1. The SMILES string of the molecule is COc1ccc2c(c1)C1CC1(C(=O)N1CC34CNCC3(CN(C)C4)C1)Cn1c-2c(C2CCCCC2)c2ccc(C(=O)NS(=O)(=O)C3CC3)cc21. The number of aromatic nitrogens is 1. The average molecular weight is 698 g/mol. The molecule has 11 heteroatoms. The summed E-state index contributed by atoms with van der Waals surface area (Å²) in [6.07, 6.45) is 7.76. The maximum Gasteiger partial charge on any atom is 0.264 e. The molecule has 2 N–H and O–H groups in total. The number of nitrogens with one attached hydrogen (secondary N) is 2. The van der Waals surface area contributed by atoms with Gasteiger partial charge in [0.2, 0.25) is 15.9 Å². The Labute approximate surface area is 293 Å². The predicted molar refractivity (Wildman–Crippen MR) is 191 cm³/mol. The Bertz CT molecular complexity index is 2060. The lowest BCUT2D eigenvalue weighted by Crippen LogP contribution is -2.44. The highest BCUT2D eigenvalue weighted by Crippen LogP contribution is 2.67. The number of amides is 2. The molecule has 3 aromatic rings. The van der Waals surface area contributed by atoms with Gasteiger partial charge in [-0.05, 0) is 86.5 Å². The molecular formula is C39H47N5O5S. The van der Waals surface area contributed by atoms with Crippen molar-refractivity contribution in [2.24, 2.45) is 16.2 Å². The highest BCUT2D eigenvalue weighted by atomic mass is 32.2. The molecule has 1 aromatic heterocycles. The van der Waals surface area contributed by atoms with E-state index in [-0.39, 0.29) is 22.7 Å². The molecule has 3 saturated carbocycles. The number of fused-ring (bicyclic) bond motifs is 7. The van der Waals surface area contributed by atoms with Gasteiger partial charge in [-0.1, -0.05) is 25.3 Å². The van der Waals surface area contributed by atoms with Crippen LogP contribution < -0.4 is 14.8 Å². The minimum absolute atomic E-state index is 0.0699. The third kappa shape index (κ3) is 4.35. The largest absolute Gasteiger partial charge is 0.497 e. The van der Waals surface area contributed by atoms with Gasteiger partial charge in [0, 0.05) is 84.6 Å². The summed E-state index contributed by atoms with van der Waals surface area (Å²) >= 11 is 0. The summed E-state index contributed by atoms with van der Waals surface area (Å²) in [7, 11) is 0.220. The van der Waals surface area contributed by atoms with Gasteiger partial charge >= 0.3 is 0 Å². The van der Waals surface area contributed by atoms with Crippen molar-refractivity contribution >= 4 is 32.7 Å². The van der Waals surface area contributed by atoms with E-state index < -0.39 is 26.6 Å². The number of carbonyl (C=O) groups excluding carboxylic acids is 2. The fourth-order valence-electron chi connectivity index (χ4n) is 11.3. The number of sulfonamides is 1. The second kappa shape index (κ2) is 10.6. The van der Waals surface area contributed by atoms with Gasteiger partial charge < -0.3 is 24.4 Å². The molecule has 6 fully saturated rings. The summed E-state index contributed by atoms with van der Waals surface area (Å²) in [5.41, 5.74) is 5.63. The van der Waals surface area contributed by atoms with E-state index in [9.17, 15) is 13.2 Å². The molecule has 2 aromatic carbocycles. The van der Waals surface area contributed by atoms with Crippen LogP contribution in [0.15, 0.2) is 36.4 Å². The van der Waals surface area contributed by atoms with Crippen molar-refractivity contribution in [3.05, 3.63) is 53.1 Å². The number of methoxy groups -OCH3 is 1. The second-order valence-corrected chi connectivity index (χ2v) is 18.9. The van der Waals surface area contributed by atoms with Crippen molar-refractivity contribution in [3.8, 4) is 17.0 Å². The first-order valence-electron chi connectivity index (χ1n) is 18.7. The molecule has 0 bridgehead atoms. The van der Waals surface area contributed by atoms with Gasteiger partial charge in [0.1, 0.15) is 5.75 Å². The van der Waals surface area contributed by atoms with E-state index in [2.05, 4.69) is 43.6 Å². The lowest BCUT2D eigenvalue weighted by atomic mass is 9.71. The molecule has 3 saturated heterocycles. The summed E-state index contributed by atoms with van der Waals surface area (Å²) < 4.78 is 36.0. The molecule has 10 nitrogen and oxygen atoms in total. The fourth-order valence-corrected chi connectivity index (χ4v) is 12.6. The smallest absolute Gasteiger partial charge is 0.264 e. The molecule has 50 heavy (non-hydrogen) atoms. The van der Waals surface area contributed by atoms with Crippen LogP contribution in [0.5, 0.6) is 5.75 Å². The molecule has 3 aliphatic carbocycles. The molecule has 0 spiro atoms. The van der Waals surface area contributed by atoms with Gasteiger partial charge in [-0.2, -0.15) is 0 Å². The van der Waals surface area contributed by atoms with Crippen LogP contribution in [-0.4, -0.2) is 93.3 Å². The number of likely N-dealkylation sites (tertiary alicyclic amines) is 2. The molecule has 5 heterocycles. The Balaban J connectivity index is 1.12. The zero-order valence-electron chi connectivity index (χ0n) is 29.1. The van der Waals surface area contributed by atoms with Crippen LogP contribution in [-0.2, 0) is 21.4 Å². The number of nitrogens with zero attached hydrogens (tertiary/aromatic N) is 3. The van der Waals surface area contributed by atoms with E-state index in [1.807, 2.05) is 18.2 Å². The van der Waals surface area contributed by atoms with E-state index >= 15 is 4.79 Å². The van der Waals surface area contributed by atoms with Crippen molar-refractivity contribution in [3.63, 3.8) is 0 Å². The highest BCUT2D eigenvalue weighted by molar-refractivity contribution is 7.91. The summed E-state index contributed by atoms with van der Waals surface area (Å²) in [5, 5.41) is 4.30. The zero-order chi connectivity index (χ0) is 34.2. The number of carbonyl (C=O) groups is 2. The topological polar surface area (TPSA) is 113 Å². The maximum absolute atomic E-state index is 15.2. The summed E-state index contributed by atoms with van der Waals surface area (Å²) in [6.45, 7) is 6.04. The van der Waals surface area contributed by atoms with E-state index in [1.165, 1.54) is 30.4 Å². The lowest BCUT2D eigenvalue weighted by Gasteiger charge is -2.29. The van der Waals surface area contributed by atoms with Gasteiger partial charge in [-0.3, -0.25) is 9.59 Å². The van der Waals surface area contributed by atoms with Gasteiger partial charge in [0.05, 0.1) is 23.5 Å². The molecule has 4 aliphatic heterocycles. The average Bonchev–Trinajstić information content (AvgIpc) is 3.98. The number of hydrogen-bond donors (Lipinski definition) is 2. The molecular weight excluding hydrogens is 651 g/mol. The number of ether oxygens (including phenoxy) is 1. The normalized spacial score (nSPS) is 31.8. The van der Waals surface area contributed by atoms with E-state index in [4.69, 9.17) is 4.74 Å². The highest BCUT2D eigenvalue weighted by Gasteiger charge is 2.69. The number of rotatable bonds is 6. The van der Waals surface area contributed by atoms with Gasteiger partial charge in [0.15, 0.2) is 0 Å². The van der Waals surface area contributed by atoms with Crippen LogP contribution in [0.2, 0.25) is 0 Å². The molecule has 264 valence electrons. The monoisotopic (exact) mass is 697 g/mol. The summed E-state index contributed by atoms with van der Waals surface area (Å²) in [4.78, 5) is 33.4. The minimum atomic E-state index is -3.70. The van der Waals surface area contributed by atoms with Crippen LogP contribution in [0.25, 0.3) is 22.2 Å². The Morgan fingerprint density at radius 2 is 1.66 bits per heavy atom. The van der Waals surface area contributed by atoms with Crippen molar-refractivity contribution in [2.75, 3.05) is 53.4 Å². The molecule has 4 atom stereocenters. The molecule has 2 amide bonds. The third-order valence-electron chi connectivity index (χ3n) is 13.9. The van der Waals surface area contributed by atoms with Gasteiger partial charge in [-0.25, -0.2) is 13.1 Å². The Morgan fingerprint density at radius 1 is 0.920 bits per heavy atom. The molecule has 10 rings (SSSR count). The summed E-state index contributed by atoms with van der Waals surface area (Å²) in [5.74, 6) is 0.907. The zero-order valence-corrected chi connectivity index (χ0v) is 29.9. The van der Waals surface area contributed by atoms with Crippen LogP contribution in [0, 0.1) is 16.2 Å². The second-order valence-electron chi connectivity index (χ2n) is 17.0. The molecule has 0 radical (unpaired) electrons. The standard InChI is InChI=1S/C39H47N5O5S/c1-42-19-37-17-40-18-38(37,20-42)22-43(21-37)36(46)39-16-31(39)30-15-26(49-2)9-13-28(30)34-33(24-6-4-3-5-7-24)29-12-8-25(14-32(29)44(34)23-39)35(45)41-50(47,48)27-10-11-27/h8-9,12-15,24,27,31,40H,3-7,10-11,16-23H2,1-2H3,(H,41,45). The van der Waals surface area contributed by atoms with Crippen molar-refractivity contribution in [2.45, 2.75) is 75.0 Å². The van der Waals surface area contributed by atoms with Crippen LogP contribution in [0.3, 0.4) is 0 Å². The van der Waals surface area contributed by atoms with E-state index in [1.54, 1.807) is 13.2 Å². The quantitative estimate of drug-likeness (QED) is 0.392. The fraction of sp³-hybridized carbons (Fsp3) is 0.590. The third-order valence-corrected chi connectivity index (χ3v) is 15.7. The van der Waals surface area contributed by atoms with Crippen molar-refractivity contribution < 1.29 is 22.7 Å². The number of benzene rings is 2. The van der Waals surface area contributed by atoms with E-state index in [0.29, 0.717) is 30.9 Å². The maximum atomic E-state index is 15.2. The lowest BCUT2D eigenvalue weighted by molar-refractivity contribution is -0.137. The summed E-state index contributed by atoms with van der Waals surface area (Å²) in [6, 6.07) is 12.1. The van der Waals surface area contributed by atoms with Crippen LogP contribution in [0.4, 0.5) is 0 Å².